The monoisotopic (exact) mass is 454 g/mol. The minimum Gasteiger partial charge on any atom is -0.490 e. The lowest BCUT2D eigenvalue weighted by atomic mass is 10.1. The molecule has 4 rings (SSSR count). The van der Waals surface area contributed by atoms with E-state index < -0.39 is 11.5 Å². The Morgan fingerprint density at radius 2 is 1.76 bits per heavy atom. The van der Waals surface area contributed by atoms with Gasteiger partial charge < -0.3 is 19.8 Å². The van der Waals surface area contributed by atoms with Gasteiger partial charge in [0.1, 0.15) is 5.56 Å². The number of aromatic amines is 1. The van der Waals surface area contributed by atoms with Gasteiger partial charge in [-0.3, -0.25) is 9.59 Å². The fourth-order valence-corrected chi connectivity index (χ4v) is 3.31. The molecule has 3 aromatic rings. The van der Waals surface area contributed by atoms with Gasteiger partial charge in [-0.1, -0.05) is 34.1 Å². The van der Waals surface area contributed by atoms with Gasteiger partial charge in [-0.05, 0) is 47.5 Å². The first-order valence-electron chi connectivity index (χ1n) is 9.26. The molecule has 0 saturated carbocycles. The number of hydrogen-bond acceptors (Lipinski definition) is 4. The van der Waals surface area contributed by atoms with Crippen molar-refractivity contribution in [3.05, 3.63) is 80.6 Å². The molecule has 1 aliphatic rings. The summed E-state index contributed by atoms with van der Waals surface area (Å²) >= 11 is 3.38. The Labute approximate surface area is 176 Å². The molecule has 1 aromatic heterocycles. The molecule has 29 heavy (non-hydrogen) atoms. The third-order valence-electron chi connectivity index (χ3n) is 4.57. The average Bonchev–Trinajstić information content (AvgIpc) is 2.97. The Bertz CT molecular complexity index is 1090. The molecule has 2 aromatic carbocycles. The summed E-state index contributed by atoms with van der Waals surface area (Å²) < 4.78 is 12.2. The van der Waals surface area contributed by atoms with Crippen molar-refractivity contribution in [3.63, 3.8) is 0 Å². The number of amides is 1. The molecular weight excluding hydrogens is 436 g/mol. The van der Waals surface area contributed by atoms with Crippen molar-refractivity contribution in [1.29, 1.82) is 0 Å². The molecule has 1 amide bonds. The second-order valence-corrected chi connectivity index (χ2v) is 7.55. The SMILES string of the molecule is O=C(NCc1ccc2c(c1)OCCCO2)c1ccc(-c2ccc(Br)cc2)[nH]c1=O. The molecule has 0 fully saturated rings. The van der Waals surface area contributed by atoms with E-state index in [0.717, 1.165) is 22.0 Å². The van der Waals surface area contributed by atoms with E-state index in [9.17, 15) is 9.59 Å². The number of nitrogens with one attached hydrogen (secondary N) is 2. The van der Waals surface area contributed by atoms with Gasteiger partial charge in [0.15, 0.2) is 11.5 Å². The summed E-state index contributed by atoms with van der Waals surface area (Å²) in [7, 11) is 0. The van der Waals surface area contributed by atoms with Crippen molar-refractivity contribution < 1.29 is 14.3 Å². The number of carbonyl (C=O) groups excluding carboxylic acids is 1. The predicted octanol–water partition coefficient (Wildman–Crippen LogP) is 3.90. The molecule has 0 radical (unpaired) electrons. The van der Waals surface area contributed by atoms with Gasteiger partial charge in [0.2, 0.25) is 0 Å². The number of hydrogen-bond donors (Lipinski definition) is 2. The van der Waals surface area contributed by atoms with E-state index >= 15 is 0 Å². The van der Waals surface area contributed by atoms with Crippen LogP contribution in [0.25, 0.3) is 11.3 Å². The smallest absolute Gasteiger partial charge is 0.261 e. The molecule has 0 bridgehead atoms. The third-order valence-corrected chi connectivity index (χ3v) is 5.10. The van der Waals surface area contributed by atoms with Crippen molar-refractivity contribution >= 4 is 21.8 Å². The van der Waals surface area contributed by atoms with Gasteiger partial charge in [0, 0.05) is 23.1 Å². The zero-order chi connectivity index (χ0) is 20.2. The topological polar surface area (TPSA) is 80.4 Å². The zero-order valence-corrected chi connectivity index (χ0v) is 17.1. The second-order valence-electron chi connectivity index (χ2n) is 6.64. The summed E-state index contributed by atoms with van der Waals surface area (Å²) in [5, 5.41) is 2.78. The molecule has 2 N–H and O–H groups in total. The number of H-pyrrole nitrogens is 1. The average molecular weight is 455 g/mol. The molecule has 1 aliphatic heterocycles. The molecule has 0 spiro atoms. The lowest BCUT2D eigenvalue weighted by Crippen LogP contribution is -2.29. The van der Waals surface area contributed by atoms with Crippen LogP contribution >= 0.6 is 15.9 Å². The van der Waals surface area contributed by atoms with E-state index in [1.807, 2.05) is 42.5 Å². The Morgan fingerprint density at radius 3 is 2.52 bits per heavy atom. The van der Waals surface area contributed by atoms with Gasteiger partial charge in [-0.15, -0.1) is 0 Å². The largest absolute Gasteiger partial charge is 0.490 e. The summed E-state index contributed by atoms with van der Waals surface area (Å²) in [4.78, 5) is 27.7. The first-order chi connectivity index (χ1) is 14.1. The van der Waals surface area contributed by atoms with Crippen molar-refractivity contribution in [2.75, 3.05) is 13.2 Å². The highest BCUT2D eigenvalue weighted by molar-refractivity contribution is 9.10. The van der Waals surface area contributed by atoms with E-state index in [0.29, 0.717) is 30.4 Å². The van der Waals surface area contributed by atoms with E-state index in [1.54, 1.807) is 12.1 Å². The number of aromatic nitrogens is 1. The van der Waals surface area contributed by atoms with Crippen LogP contribution in [0.3, 0.4) is 0 Å². The normalized spacial score (nSPS) is 12.9. The van der Waals surface area contributed by atoms with Gasteiger partial charge in [-0.25, -0.2) is 0 Å². The zero-order valence-electron chi connectivity index (χ0n) is 15.5. The van der Waals surface area contributed by atoms with Gasteiger partial charge in [0.05, 0.1) is 13.2 Å². The van der Waals surface area contributed by atoms with E-state index in [4.69, 9.17) is 9.47 Å². The number of ether oxygens (including phenoxy) is 2. The van der Waals surface area contributed by atoms with Crippen LogP contribution in [0.2, 0.25) is 0 Å². The van der Waals surface area contributed by atoms with Crippen LogP contribution < -0.4 is 20.3 Å². The van der Waals surface area contributed by atoms with Crippen LogP contribution in [0.5, 0.6) is 11.5 Å². The number of carbonyl (C=O) groups is 1. The minimum atomic E-state index is -0.430. The third kappa shape index (κ3) is 4.51. The highest BCUT2D eigenvalue weighted by Gasteiger charge is 2.14. The maximum absolute atomic E-state index is 12.5. The summed E-state index contributed by atoms with van der Waals surface area (Å²) in [5.41, 5.74) is 2.03. The Balaban J connectivity index is 1.45. The number of rotatable bonds is 4. The summed E-state index contributed by atoms with van der Waals surface area (Å²) in [6, 6.07) is 16.4. The van der Waals surface area contributed by atoms with Crippen LogP contribution in [0.15, 0.2) is 63.9 Å². The van der Waals surface area contributed by atoms with E-state index in [-0.39, 0.29) is 12.1 Å². The highest BCUT2D eigenvalue weighted by atomic mass is 79.9. The molecule has 2 heterocycles. The maximum Gasteiger partial charge on any atom is 0.261 e. The van der Waals surface area contributed by atoms with Crippen LogP contribution in [-0.2, 0) is 6.54 Å². The Morgan fingerprint density at radius 1 is 1.00 bits per heavy atom. The van der Waals surface area contributed by atoms with Crippen molar-refractivity contribution in [3.8, 4) is 22.8 Å². The van der Waals surface area contributed by atoms with E-state index in [1.165, 1.54) is 0 Å². The van der Waals surface area contributed by atoms with Crippen molar-refractivity contribution in [2.45, 2.75) is 13.0 Å². The first kappa shape index (κ1) is 19.3. The van der Waals surface area contributed by atoms with Crippen LogP contribution in [0.1, 0.15) is 22.3 Å². The second kappa shape index (κ2) is 8.53. The Hall–Kier alpha value is -3.06. The molecule has 0 atom stereocenters. The molecule has 148 valence electrons. The lowest BCUT2D eigenvalue weighted by Gasteiger charge is -2.10. The first-order valence-corrected chi connectivity index (χ1v) is 10.1. The number of pyridine rings is 1. The molecule has 0 unspecified atom stereocenters. The molecule has 0 saturated heterocycles. The number of benzene rings is 2. The standard InChI is InChI=1S/C22H19BrN2O4/c23-16-5-3-15(4-6-16)18-8-7-17(22(27)25-18)21(26)24-13-14-2-9-19-20(12-14)29-11-1-10-28-19/h2-9,12H,1,10-11,13H2,(H,24,26)(H,25,27). The summed E-state index contributed by atoms with van der Waals surface area (Å²) in [6.45, 7) is 1.51. The molecule has 0 aliphatic carbocycles. The highest BCUT2D eigenvalue weighted by Crippen LogP contribution is 2.30. The fraction of sp³-hybridized carbons (Fsp3) is 0.182. The van der Waals surface area contributed by atoms with Crippen LogP contribution in [0.4, 0.5) is 0 Å². The van der Waals surface area contributed by atoms with E-state index in [2.05, 4.69) is 26.2 Å². The fourth-order valence-electron chi connectivity index (χ4n) is 3.05. The van der Waals surface area contributed by atoms with Crippen LogP contribution in [0, 0.1) is 0 Å². The summed E-state index contributed by atoms with van der Waals surface area (Å²) in [5.74, 6) is 0.948. The molecule has 6 nitrogen and oxygen atoms in total. The van der Waals surface area contributed by atoms with Crippen molar-refractivity contribution in [2.24, 2.45) is 0 Å². The Kier molecular flexibility index (Phi) is 5.67. The predicted molar refractivity (Wildman–Crippen MR) is 113 cm³/mol. The van der Waals surface area contributed by atoms with Crippen LogP contribution in [-0.4, -0.2) is 24.1 Å². The summed E-state index contributed by atoms with van der Waals surface area (Å²) in [6.07, 6.45) is 0.833. The number of halogens is 1. The quantitative estimate of drug-likeness (QED) is 0.626. The lowest BCUT2D eigenvalue weighted by molar-refractivity contribution is 0.0949. The number of fused-ring (bicyclic) bond motifs is 1. The molecular formula is C22H19BrN2O4. The maximum atomic E-state index is 12.5. The van der Waals surface area contributed by atoms with Gasteiger partial charge in [-0.2, -0.15) is 0 Å². The van der Waals surface area contributed by atoms with Crippen molar-refractivity contribution in [1.82, 2.24) is 10.3 Å². The van der Waals surface area contributed by atoms with Gasteiger partial charge in [0.25, 0.3) is 11.5 Å². The minimum absolute atomic E-state index is 0.0696. The van der Waals surface area contributed by atoms with Gasteiger partial charge >= 0.3 is 0 Å². The molecule has 7 heteroatoms.